The summed E-state index contributed by atoms with van der Waals surface area (Å²) >= 11 is 0. The lowest BCUT2D eigenvalue weighted by Gasteiger charge is -2.36. The van der Waals surface area contributed by atoms with E-state index in [2.05, 4.69) is 33.9 Å². The Hall–Kier alpha value is -0.618. The molecule has 3 nitrogen and oxygen atoms in total. The van der Waals surface area contributed by atoms with Crippen molar-refractivity contribution in [2.45, 2.75) is 59.2 Å². The molecular weight excluding hydrogens is 279 g/mol. The molecule has 0 atom stereocenters. The Kier molecular flexibility index (Phi) is 5.84. The summed E-state index contributed by atoms with van der Waals surface area (Å²) in [4.78, 5) is 0. The first kappa shape index (κ1) is 18.4. The second-order valence-corrected chi connectivity index (χ2v) is 12.2. The minimum atomic E-state index is -1.70. The smallest absolute Gasteiger partial charge is 0.423 e. The van der Waals surface area contributed by atoms with Gasteiger partial charge in [0.1, 0.15) is 0 Å². The minimum Gasteiger partial charge on any atom is -0.423 e. The molecule has 0 heterocycles. The van der Waals surface area contributed by atoms with E-state index in [1.165, 1.54) is 5.56 Å². The van der Waals surface area contributed by atoms with Gasteiger partial charge in [-0.2, -0.15) is 0 Å². The van der Waals surface area contributed by atoms with Crippen molar-refractivity contribution >= 4 is 20.9 Å². The summed E-state index contributed by atoms with van der Waals surface area (Å²) in [5, 5.41) is 18.8. The van der Waals surface area contributed by atoms with Gasteiger partial charge in [0.15, 0.2) is 8.32 Å². The molecule has 1 rings (SSSR count). The molecule has 5 heteroatoms. The first-order valence-electron chi connectivity index (χ1n) is 7.56. The van der Waals surface area contributed by atoms with Gasteiger partial charge in [-0.1, -0.05) is 32.9 Å². The largest absolute Gasteiger partial charge is 0.488 e. The average Bonchev–Trinajstić information content (AvgIpc) is 2.30. The molecule has 0 aromatic heterocycles. The van der Waals surface area contributed by atoms with Crippen molar-refractivity contribution in [2.75, 3.05) is 6.61 Å². The first-order chi connectivity index (χ1) is 9.45. The second kappa shape index (κ2) is 6.65. The predicted molar refractivity (Wildman–Crippen MR) is 92.6 cm³/mol. The maximum atomic E-state index is 9.27. The summed E-state index contributed by atoms with van der Waals surface area (Å²) in [6.07, 6.45) is 0.867. The summed E-state index contributed by atoms with van der Waals surface area (Å²) in [6, 6.07) is 3.69. The van der Waals surface area contributed by atoms with Crippen molar-refractivity contribution in [2.24, 2.45) is 0 Å². The molecule has 1 aromatic carbocycles. The molecule has 21 heavy (non-hydrogen) atoms. The van der Waals surface area contributed by atoms with E-state index in [1.54, 1.807) is 0 Å². The summed E-state index contributed by atoms with van der Waals surface area (Å²) in [5.74, 6) is 0. The highest BCUT2D eigenvalue weighted by Crippen LogP contribution is 2.36. The zero-order chi connectivity index (χ0) is 16.4. The van der Waals surface area contributed by atoms with Crippen LogP contribution in [0.15, 0.2) is 12.1 Å². The Morgan fingerprint density at radius 1 is 1.10 bits per heavy atom. The molecule has 1 aromatic rings. The van der Waals surface area contributed by atoms with Crippen molar-refractivity contribution < 1.29 is 14.5 Å². The Labute approximate surface area is 130 Å². The Bertz CT molecular complexity index is 470. The second-order valence-electron chi connectivity index (χ2n) is 7.37. The van der Waals surface area contributed by atoms with Gasteiger partial charge in [-0.05, 0) is 60.6 Å². The summed E-state index contributed by atoms with van der Waals surface area (Å²) < 4.78 is 6.23. The van der Waals surface area contributed by atoms with Gasteiger partial charge in [0.05, 0.1) is 0 Å². The van der Waals surface area contributed by atoms with Crippen LogP contribution in [0.25, 0.3) is 0 Å². The normalized spacial score (nSPS) is 12.6. The van der Waals surface area contributed by atoms with E-state index < -0.39 is 15.4 Å². The molecule has 0 saturated carbocycles. The number of aryl methyl sites for hydroxylation is 2. The van der Waals surface area contributed by atoms with Crippen LogP contribution in [0.2, 0.25) is 18.1 Å². The van der Waals surface area contributed by atoms with Crippen LogP contribution < -0.4 is 5.46 Å². The topological polar surface area (TPSA) is 49.7 Å². The zero-order valence-electron chi connectivity index (χ0n) is 14.4. The molecule has 0 amide bonds. The van der Waals surface area contributed by atoms with Crippen molar-refractivity contribution in [1.82, 2.24) is 0 Å². The van der Waals surface area contributed by atoms with Crippen LogP contribution in [0.3, 0.4) is 0 Å². The van der Waals surface area contributed by atoms with Gasteiger partial charge in [-0.15, -0.1) is 0 Å². The Balaban J connectivity index is 2.78. The van der Waals surface area contributed by atoms with Crippen molar-refractivity contribution in [3.8, 4) is 0 Å². The molecule has 0 fully saturated rings. The van der Waals surface area contributed by atoms with Crippen LogP contribution in [0.4, 0.5) is 0 Å². The van der Waals surface area contributed by atoms with Crippen LogP contribution in [-0.4, -0.2) is 32.1 Å². The van der Waals surface area contributed by atoms with E-state index in [9.17, 15) is 10.0 Å². The summed E-state index contributed by atoms with van der Waals surface area (Å²) in [5.41, 5.74) is 3.99. The fourth-order valence-corrected chi connectivity index (χ4v) is 3.24. The van der Waals surface area contributed by atoms with Crippen LogP contribution in [0, 0.1) is 13.8 Å². The van der Waals surface area contributed by atoms with Crippen molar-refractivity contribution in [3.63, 3.8) is 0 Å². The quantitative estimate of drug-likeness (QED) is 0.822. The van der Waals surface area contributed by atoms with Crippen LogP contribution in [-0.2, 0) is 10.8 Å². The SMILES string of the molecule is Cc1cc(B(O)O)cc(C)c1CCO[Si](C)(C)C(C)(C)C. The third-order valence-corrected chi connectivity index (χ3v) is 9.18. The molecule has 0 aliphatic heterocycles. The number of rotatable bonds is 5. The standard InChI is InChI=1S/C16H29BO3Si/c1-12-10-14(17(18)19)11-13(2)15(12)8-9-20-21(6,7)16(3,4)5/h10-11,18-19H,8-9H2,1-7H3. The fraction of sp³-hybridized carbons (Fsp3) is 0.625. The molecule has 0 aliphatic rings. The lowest BCUT2D eigenvalue weighted by molar-refractivity contribution is 0.291. The number of benzene rings is 1. The monoisotopic (exact) mass is 308 g/mol. The van der Waals surface area contributed by atoms with Crippen molar-refractivity contribution in [3.05, 3.63) is 28.8 Å². The molecule has 118 valence electrons. The van der Waals surface area contributed by atoms with E-state index in [1.807, 2.05) is 26.0 Å². The number of hydrogen-bond donors (Lipinski definition) is 2. The van der Waals surface area contributed by atoms with E-state index in [-0.39, 0.29) is 5.04 Å². The molecule has 0 spiro atoms. The molecule has 0 saturated heterocycles. The highest BCUT2D eigenvalue weighted by Gasteiger charge is 2.36. The molecule has 0 bridgehead atoms. The maximum absolute atomic E-state index is 9.27. The first-order valence-corrected chi connectivity index (χ1v) is 10.5. The molecule has 0 radical (unpaired) electrons. The minimum absolute atomic E-state index is 0.224. The van der Waals surface area contributed by atoms with Crippen molar-refractivity contribution in [1.29, 1.82) is 0 Å². The Morgan fingerprint density at radius 3 is 1.95 bits per heavy atom. The van der Waals surface area contributed by atoms with Crippen LogP contribution in [0.5, 0.6) is 0 Å². The third kappa shape index (κ3) is 4.68. The third-order valence-electron chi connectivity index (χ3n) is 4.64. The van der Waals surface area contributed by atoms with E-state index in [4.69, 9.17) is 4.43 Å². The lowest BCUT2D eigenvalue weighted by atomic mass is 9.77. The highest BCUT2D eigenvalue weighted by atomic mass is 28.4. The summed E-state index contributed by atoms with van der Waals surface area (Å²) in [6.45, 7) is 16.0. The molecule has 2 N–H and O–H groups in total. The molecular formula is C16H29BO3Si. The average molecular weight is 308 g/mol. The van der Waals surface area contributed by atoms with Gasteiger partial charge in [-0.25, -0.2) is 0 Å². The van der Waals surface area contributed by atoms with E-state index in [0.29, 0.717) is 5.46 Å². The van der Waals surface area contributed by atoms with Gasteiger partial charge in [-0.3, -0.25) is 0 Å². The van der Waals surface area contributed by atoms with Gasteiger partial charge in [0.2, 0.25) is 0 Å². The van der Waals surface area contributed by atoms with E-state index >= 15 is 0 Å². The molecule has 0 aliphatic carbocycles. The fourth-order valence-electron chi connectivity index (χ4n) is 2.20. The molecule has 0 unspecified atom stereocenters. The predicted octanol–water partition coefficient (Wildman–Crippen LogP) is 2.55. The summed E-state index contributed by atoms with van der Waals surface area (Å²) in [7, 11) is -3.11. The van der Waals surface area contributed by atoms with Gasteiger partial charge in [0.25, 0.3) is 0 Å². The highest BCUT2D eigenvalue weighted by molar-refractivity contribution is 6.74. The van der Waals surface area contributed by atoms with E-state index in [0.717, 1.165) is 24.2 Å². The lowest BCUT2D eigenvalue weighted by Crippen LogP contribution is -2.41. The van der Waals surface area contributed by atoms with Crippen LogP contribution >= 0.6 is 0 Å². The van der Waals surface area contributed by atoms with Gasteiger partial charge < -0.3 is 14.5 Å². The zero-order valence-corrected chi connectivity index (χ0v) is 15.4. The van der Waals surface area contributed by atoms with Gasteiger partial charge in [0, 0.05) is 6.61 Å². The van der Waals surface area contributed by atoms with Crippen LogP contribution in [0.1, 0.15) is 37.5 Å². The maximum Gasteiger partial charge on any atom is 0.488 e. The van der Waals surface area contributed by atoms with Gasteiger partial charge >= 0.3 is 7.12 Å². The Morgan fingerprint density at radius 2 is 1.57 bits per heavy atom. The number of hydrogen-bond acceptors (Lipinski definition) is 3.